The number of rotatable bonds is 0. The topological polar surface area (TPSA) is 40.6 Å². The summed E-state index contributed by atoms with van der Waals surface area (Å²) in [5.74, 6) is -0.711. The normalized spacial score (nSPS) is 21.8. The van der Waals surface area contributed by atoms with E-state index in [-0.39, 0.29) is 17.9 Å². The lowest BCUT2D eigenvalue weighted by atomic mass is 10.0. The fraction of sp³-hybridized carbons (Fsp3) is 0.500. The molecule has 0 aromatic heterocycles. The van der Waals surface area contributed by atoms with E-state index in [4.69, 9.17) is 0 Å². The molecular weight excluding hydrogens is 252 g/mol. The van der Waals surface area contributed by atoms with Crippen LogP contribution in [0.3, 0.4) is 0 Å². The van der Waals surface area contributed by atoms with Gasteiger partial charge in [-0.25, -0.2) is 0 Å². The highest BCUT2D eigenvalue weighted by atomic mass is 16.2. The van der Waals surface area contributed by atoms with Crippen LogP contribution < -0.4 is 4.90 Å². The Balaban J connectivity index is 1.78. The zero-order valence-electron chi connectivity index (χ0n) is 11.8. The minimum Gasteiger partial charge on any atom is -0.332 e. The first-order valence-electron chi connectivity index (χ1n) is 7.39. The molecule has 0 saturated carbocycles. The summed E-state index contributed by atoms with van der Waals surface area (Å²) in [5, 5.41) is 0. The van der Waals surface area contributed by atoms with Crippen LogP contribution in [0.15, 0.2) is 24.3 Å². The fourth-order valence-electron chi connectivity index (χ4n) is 3.19. The molecule has 4 nitrogen and oxygen atoms in total. The first-order valence-corrected chi connectivity index (χ1v) is 7.39. The van der Waals surface area contributed by atoms with Gasteiger partial charge in [0.05, 0.1) is 0 Å². The molecule has 0 N–H and O–H groups in total. The molecule has 3 rings (SSSR count). The van der Waals surface area contributed by atoms with Gasteiger partial charge in [0.2, 0.25) is 0 Å². The van der Waals surface area contributed by atoms with Gasteiger partial charge in [-0.05, 0) is 44.2 Å². The molecule has 1 aromatic carbocycles. The van der Waals surface area contributed by atoms with Crippen LogP contribution in [-0.2, 0) is 16.0 Å². The summed E-state index contributed by atoms with van der Waals surface area (Å²) in [5.41, 5.74) is 2.05. The van der Waals surface area contributed by atoms with Crippen molar-refractivity contribution >= 4 is 17.5 Å². The summed E-state index contributed by atoms with van der Waals surface area (Å²) in [4.78, 5) is 28.3. The Labute approximate surface area is 119 Å². The van der Waals surface area contributed by atoms with Gasteiger partial charge in [0.25, 0.3) is 0 Å². The number of benzene rings is 1. The number of piperidine rings is 1. The number of anilines is 1. The van der Waals surface area contributed by atoms with Crippen molar-refractivity contribution in [1.29, 1.82) is 0 Å². The molecule has 4 heteroatoms. The number of hydrogen-bond acceptors (Lipinski definition) is 2. The molecule has 2 aliphatic rings. The van der Waals surface area contributed by atoms with Gasteiger partial charge < -0.3 is 9.80 Å². The van der Waals surface area contributed by atoms with Crippen LogP contribution in [0.25, 0.3) is 0 Å². The second-order valence-electron chi connectivity index (χ2n) is 5.68. The predicted molar refractivity (Wildman–Crippen MR) is 77.5 cm³/mol. The molecular formula is C16H20N2O2. The van der Waals surface area contributed by atoms with Gasteiger partial charge in [-0.15, -0.1) is 0 Å². The van der Waals surface area contributed by atoms with Gasteiger partial charge in [-0.2, -0.15) is 0 Å². The zero-order chi connectivity index (χ0) is 14.1. The van der Waals surface area contributed by atoms with E-state index < -0.39 is 0 Å². The van der Waals surface area contributed by atoms with Crippen molar-refractivity contribution in [2.24, 2.45) is 0 Å². The fourth-order valence-corrected chi connectivity index (χ4v) is 3.19. The van der Waals surface area contributed by atoms with Crippen molar-refractivity contribution in [3.63, 3.8) is 0 Å². The monoisotopic (exact) mass is 272 g/mol. The number of para-hydroxylation sites is 1. The Morgan fingerprint density at radius 1 is 1.10 bits per heavy atom. The van der Waals surface area contributed by atoms with Crippen molar-refractivity contribution in [2.45, 2.75) is 38.6 Å². The molecule has 106 valence electrons. The Bertz CT molecular complexity index is 541. The minimum atomic E-state index is -0.372. The third-order valence-corrected chi connectivity index (χ3v) is 4.38. The number of likely N-dealkylation sites (tertiary alicyclic amines) is 1. The van der Waals surface area contributed by atoms with E-state index in [1.807, 2.05) is 31.2 Å². The Hall–Kier alpha value is -1.84. The lowest BCUT2D eigenvalue weighted by Crippen LogP contribution is -2.50. The van der Waals surface area contributed by atoms with Crippen molar-refractivity contribution in [1.82, 2.24) is 4.90 Å². The summed E-state index contributed by atoms with van der Waals surface area (Å²) in [7, 11) is 0. The molecule has 1 atom stereocenters. The number of hydrogen-bond donors (Lipinski definition) is 0. The van der Waals surface area contributed by atoms with Gasteiger partial charge in [0, 0.05) is 24.8 Å². The Morgan fingerprint density at radius 3 is 2.70 bits per heavy atom. The lowest BCUT2D eigenvalue weighted by Gasteiger charge is -2.33. The van der Waals surface area contributed by atoms with Crippen LogP contribution in [0.1, 0.15) is 31.7 Å². The second-order valence-corrected chi connectivity index (χ2v) is 5.68. The number of carbonyl (C=O) groups is 2. The summed E-state index contributed by atoms with van der Waals surface area (Å²) >= 11 is 0. The van der Waals surface area contributed by atoms with Gasteiger partial charge in [0.15, 0.2) is 0 Å². The van der Waals surface area contributed by atoms with Gasteiger partial charge in [-0.1, -0.05) is 18.2 Å². The summed E-state index contributed by atoms with van der Waals surface area (Å²) in [6.07, 6.45) is 3.98. The number of fused-ring (bicyclic) bond motifs is 1. The molecule has 1 fully saturated rings. The third kappa shape index (κ3) is 2.19. The summed E-state index contributed by atoms with van der Waals surface area (Å²) in [6, 6.07) is 8.02. The highest BCUT2D eigenvalue weighted by Gasteiger charge is 2.34. The van der Waals surface area contributed by atoms with E-state index in [9.17, 15) is 9.59 Å². The van der Waals surface area contributed by atoms with E-state index in [1.54, 1.807) is 9.80 Å². The average molecular weight is 272 g/mol. The van der Waals surface area contributed by atoms with E-state index >= 15 is 0 Å². The van der Waals surface area contributed by atoms with E-state index in [2.05, 4.69) is 0 Å². The first-order chi connectivity index (χ1) is 9.68. The molecule has 0 radical (unpaired) electrons. The molecule has 0 aliphatic carbocycles. The minimum absolute atomic E-state index is 0.179. The number of nitrogens with zero attached hydrogens (tertiary/aromatic N) is 2. The van der Waals surface area contributed by atoms with Gasteiger partial charge in [-0.3, -0.25) is 9.59 Å². The van der Waals surface area contributed by atoms with E-state index in [1.165, 1.54) is 0 Å². The van der Waals surface area contributed by atoms with Crippen LogP contribution in [-0.4, -0.2) is 35.8 Å². The Morgan fingerprint density at radius 2 is 1.90 bits per heavy atom. The lowest BCUT2D eigenvalue weighted by molar-refractivity contribution is -0.146. The molecule has 0 bridgehead atoms. The molecule has 1 saturated heterocycles. The Kier molecular flexibility index (Phi) is 3.47. The predicted octanol–water partition coefficient (Wildman–Crippen LogP) is 1.98. The van der Waals surface area contributed by atoms with Gasteiger partial charge in [0.1, 0.15) is 0 Å². The van der Waals surface area contributed by atoms with Crippen LogP contribution in [0, 0.1) is 0 Å². The van der Waals surface area contributed by atoms with Crippen molar-refractivity contribution in [3.8, 4) is 0 Å². The second kappa shape index (κ2) is 5.27. The van der Waals surface area contributed by atoms with Crippen LogP contribution in [0.2, 0.25) is 0 Å². The SMILES string of the molecule is CC1CCCCN1C(=O)C(=O)N1CCc2ccccc21. The van der Waals surface area contributed by atoms with Crippen LogP contribution >= 0.6 is 0 Å². The maximum atomic E-state index is 12.5. The number of carbonyl (C=O) groups excluding carboxylic acids is 2. The van der Waals surface area contributed by atoms with E-state index in [0.717, 1.165) is 36.9 Å². The van der Waals surface area contributed by atoms with Crippen molar-refractivity contribution < 1.29 is 9.59 Å². The highest BCUT2D eigenvalue weighted by molar-refractivity contribution is 6.40. The molecule has 20 heavy (non-hydrogen) atoms. The molecule has 1 unspecified atom stereocenters. The largest absolute Gasteiger partial charge is 0.332 e. The van der Waals surface area contributed by atoms with Crippen molar-refractivity contribution in [3.05, 3.63) is 29.8 Å². The molecule has 2 aliphatic heterocycles. The van der Waals surface area contributed by atoms with Crippen LogP contribution in [0.4, 0.5) is 5.69 Å². The highest BCUT2D eigenvalue weighted by Crippen LogP contribution is 2.28. The molecule has 2 amide bonds. The number of amides is 2. The van der Waals surface area contributed by atoms with Crippen LogP contribution in [0.5, 0.6) is 0 Å². The quantitative estimate of drug-likeness (QED) is 0.678. The maximum absolute atomic E-state index is 12.5. The standard InChI is InChI=1S/C16H20N2O2/c1-12-6-4-5-10-17(12)15(19)16(20)18-11-9-13-7-2-3-8-14(13)18/h2-3,7-8,12H,4-6,9-11H2,1H3. The first kappa shape index (κ1) is 13.2. The smallest absolute Gasteiger partial charge is 0.316 e. The summed E-state index contributed by atoms with van der Waals surface area (Å²) in [6.45, 7) is 3.36. The third-order valence-electron chi connectivity index (χ3n) is 4.38. The molecule has 0 spiro atoms. The average Bonchev–Trinajstić information content (AvgIpc) is 2.90. The van der Waals surface area contributed by atoms with Crippen molar-refractivity contribution in [2.75, 3.05) is 18.0 Å². The summed E-state index contributed by atoms with van der Waals surface area (Å²) < 4.78 is 0. The molecule has 2 heterocycles. The zero-order valence-corrected chi connectivity index (χ0v) is 11.8. The maximum Gasteiger partial charge on any atom is 0.316 e. The van der Waals surface area contributed by atoms with Gasteiger partial charge >= 0.3 is 11.8 Å². The van der Waals surface area contributed by atoms with E-state index in [0.29, 0.717) is 13.1 Å². The molecule has 1 aromatic rings.